The smallest absolute Gasteiger partial charge is 0.275 e. The van der Waals surface area contributed by atoms with Crippen molar-refractivity contribution in [3.8, 4) is 0 Å². The third-order valence-corrected chi connectivity index (χ3v) is 3.68. The molecule has 6 nitrogen and oxygen atoms in total. The molecule has 108 valence electrons. The molecule has 0 radical (unpaired) electrons. The summed E-state index contributed by atoms with van der Waals surface area (Å²) in [4.78, 5) is 34.8. The van der Waals surface area contributed by atoms with Crippen LogP contribution in [-0.4, -0.2) is 41.8 Å². The van der Waals surface area contributed by atoms with E-state index in [0.717, 1.165) is 4.90 Å². The third kappa shape index (κ3) is 4.02. The summed E-state index contributed by atoms with van der Waals surface area (Å²) < 4.78 is 0. The van der Waals surface area contributed by atoms with Crippen molar-refractivity contribution in [2.24, 2.45) is 0 Å². The molecular weight excluding hydrogens is 248 g/mol. The first-order valence-corrected chi connectivity index (χ1v) is 6.39. The monoisotopic (exact) mass is 270 g/mol. The Morgan fingerprint density at radius 3 is 2.11 bits per heavy atom. The number of rotatable bonds is 4. The van der Waals surface area contributed by atoms with Gasteiger partial charge in [-0.15, -0.1) is 0 Å². The van der Waals surface area contributed by atoms with Crippen LogP contribution in [0.5, 0.6) is 0 Å². The predicted octanol–water partition coefficient (Wildman–Crippen LogP) is -2.34. The first kappa shape index (κ1) is 15.6. The molecule has 0 unspecified atom stereocenters. The normalized spacial score (nSPS) is 22.0. The van der Waals surface area contributed by atoms with Gasteiger partial charge < -0.3 is 20.1 Å². The van der Waals surface area contributed by atoms with E-state index in [0.29, 0.717) is 12.8 Å². The summed E-state index contributed by atoms with van der Waals surface area (Å²) >= 11 is 0. The van der Waals surface area contributed by atoms with E-state index in [4.69, 9.17) is 0 Å². The highest BCUT2D eigenvalue weighted by molar-refractivity contribution is 5.82. The zero-order chi connectivity index (χ0) is 14.8. The van der Waals surface area contributed by atoms with Crippen molar-refractivity contribution in [2.45, 2.75) is 51.6 Å². The minimum Gasteiger partial charge on any atom is -0.548 e. The summed E-state index contributed by atoms with van der Waals surface area (Å²) in [5.74, 6) is -1.45. The Balaban J connectivity index is 2.75. The van der Waals surface area contributed by atoms with Gasteiger partial charge in [0.25, 0.3) is 5.91 Å². The van der Waals surface area contributed by atoms with Crippen LogP contribution in [0.15, 0.2) is 0 Å². The molecule has 0 saturated carbocycles. The first-order valence-electron chi connectivity index (χ1n) is 6.39. The van der Waals surface area contributed by atoms with E-state index in [1.807, 2.05) is 27.7 Å². The molecule has 1 saturated heterocycles. The van der Waals surface area contributed by atoms with Crippen LogP contribution in [0.4, 0.5) is 0 Å². The standard InChI is InChI=1S/C13H22N2O4/c1-12(2)5-9(16)6-13(3,4)15(12)8-10(17)14-7-11(18)19/h5-8H2,1-4H3,(H,14,17)(H,18,19). The highest BCUT2D eigenvalue weighted by Gasteiger charge is 2.49. The SMILES string of the molecule is CC1(C)CC(=O)CC(C)(C)[NH+]1CC(=O)NCC(=O)[O-]. The van der Waals surface area contributed by atoms with Crippen molar-refractivity contribution in [3.63, 3.8) is 0 Å². The highest BCUT2D eigenvalue weighted by atomic mass is 16.4. The third-order valence-electron chi connectivity index (χ3n) is 3.68. The molecule has 0 aromatic heterocycles. The van der Waals surface area contributed by atoms with Crippen molar-refractivity contribution in [1.82, 2.24) is 5.32 Å². The second-order valence-electron chi connectivity index (χ2n) is 6.46. The molecule has 0 aromatic carbocycles. The number of nitrogens with one attached hydrogen (secondary N) is 2. The Morgan fingerprint density at radius 2 is 1.68 bits per heavy atom. The fourth-order valence-corrected chi connectivity index (χ4v) is 3.05. The van der Waals surface area contributed by atoms with E-state index in [1.165, 1.54) is 0 Å². The molecule has 0 bridgehead atoms. The predicted molar refractivity (Wildman–Crippen MR) is 66.2 cm³/mol. The van der Waals surface area contributed by atoms with E-state index >= 15 is 0 Å². The van der Waals surface area contributed by atoms with E-state index in [2.05, 4.69) is 5.32 Å². The first-order chi connectivity index (χ1) is 8.54. The number of ketones is 1. The van der Waals surface area contributed by atoms with Crippen molar-refractivity contribution >= 4 is 17.7 Å². The number of quaternary nitrogens is 1. The quantitative estimate of drug-likeness (QED) is 0.599. The average Bonchev–Trinajstić information content (AvgIpc) is 2.18. The van der Waals surface area contributed by atoms with Crippen molar-refractivity contribution in [1.29, 1.82) is 0 Å². The zero-order valence-corrected chi connectivity index (χ0v) is 12.0. The lowest BCUT2D eigenvalue weighted by atomic mass is 9.79. The van der Waals surface area contributed by atoms with Crippen LogP contribution in [0.1, 0.15) is 40.5 Å². The lowest BCUT2D eigenvalue weighted by molar-refractivity contribution is -0.988. The van der Waals surface area contributed by atoms with Crippen LogP contribution < -0.4 is 15.3 Å². The van der Waals surface area contributed by atoms with Crippen LogP contribution in [0.25, 0.3) is 0 Å². The van der Waals surface area contributed by atoms with Crippen LogP contribution >= 0.6 is 0 Å². The van der Waals surface area contributed by atoms with Gasteiger partial charge in [0, 0.05) is 0 Å². The number of aliphatic carboxylic acids is 1. The number of Topliss-reactive ketones (excluding diaryl/α,β-unsaturated/α-hetero) is 1. The van der Waals surface area contributed by atoms with Crippen LogP contribution in [0, 0.1) is 0 Å². The lowest BCUT2D eigenvalue weighted by Crippen LogP contribution is -3.27. The van der Waals surface area contributed by atoms with Gasteiger partial charge in [0.15, 0.2) is 6.54 Å². The number of piperidine rings is 1. The molecule has 1 fully saturated rings. The van der Waals surface area contributed by atoms with Gasteiger partial charge in [0.05, 0.1) is 36.4 Å². The van der Waals surface area contributed by atoms with Gasteiger partial charge in [0.2, 0.25) is 0 Å². The molecule has 0 aromatic rings. The van der Waals surface area contributed by atoms with E-state index < -0.39 is 12.5 Å². The highest BCUT2D eigenvalue weighted by Crippen LogP contribution is 2.20. The zero-order valence-electron chi connectivity index (χ0n) is 12.0. The van der Waals surface area contributed by atoms with E-state index in [9.17, 15) is 19.5 Å². The van der Waals surface area contributed by atoms with Crippen LogP contribution in [0.2, 0.25) is 0 Å². The molecule has 1 amide bonds. The molecule has 0 atom stereocenters. The maximum Gasteiger partial charge on any atom is 0.275 e. The summed E-state index contributed by atoms with van der Waals surface area (Å²) in [7, 11) is 0. The van der Waals surface area contributed by atoms with E-state index in [-0.39, 0.29) is 29.3 Å². The van der Waals surface area contributed by atoms with Gasteiger partial charge in [0.1, 0.15) is 5.78 Å². The number of likely N-dealkylation sites (tertiary alicyclic amines) is 1. The Kier molecular flexibility index (Phi) is 4.35. The number of hydrogen-bond donors (Lipinski definition) is 2. The fraction of sp³-hybridized carbons (Fsp3) is 0.769. The molecule has 1 aliphatic rings. The summed E-state index contributed by atoms with van der Waals surface area (Å²) in [6, 6.07) is 0. The van der Waals surface area contributed by atoms with Crippen molar-refractivity contribution in [2.75, 3.05) is 13.1 Å². The number of amides is 1. The summed E-state index contributed by atoms with van der Waals surface area (Å²) in [5, 5.41) is 12.6. The molecule has 1 aliphatic heterocycles. The minimum absolute atomic E-state index is 0.153. The van der Waals surface area contributed by atoms with Gasteiger partial charge in [-0.05, 0) is 27.7 Å². The van der Waals surface area contributed by atoms with Crippen molar-refractivity contribution < 1.29 is 24.4 Å². The van der Waals surface area contributed by atoms with Crippen LogP contribution in [-0.2, 0) is 14.4 Å². The topological polar surface area (TPSA) is 90.7 Å². The van der Waals surface area contributed by atoms with Gasteiger partial charge in [-0.1, -0.05) is 0 Å². The largest absolute Gasteiger partial charge is 0.548 e. The number of carboxylic acid groups (broad SMARTS) is 1. The average molecular weight is 270 g/mol. The number of carbonyl (C=O) groups excluding carboxylic acids is 3. The number of carbonyl (C=O) groups is 3. The van der Waals surface area contributed by atoms with Gasteiger partial charge in [-0.25, -0.2) is 0 Å². The second-order valence-corrected chi connectivity index (χ2v) is 6.46. The minimum atomic E-state index is -1.31. The fourth-order valence-electron chi connectivity index (χ4n) is 3.05. The van der Waals surface area contributed by atoms with Gasteiger partial charge in [-0.3, -0.25) is 9.59 Å². The Hall–Kier alpha value is -1.43. The molecule has 1 heterocycles. The molecule has 0 spiro atoms. The molecule has 1 rings (SSSR count). The molecule has 6 heteroatoms. The lowest BCUT2D eigenvalue weighted by Gasteiger charge is -2.48. The summed E-state index contributed by atoms with van der Waals surface area (Å²) in [6.07, 6.45) is 0.860. The maximum atomic E-state index is 11.8. The Morgan fingerprint density at radius 1 is 1.21 bits per heavy atom. The van der Waals surface area contributed by atoms with Crippen LogP contribution in [0.3, 0.4) is 0 Å². The molecule has 0 aliphatic carbocycles. The molecule has 19 heavy (non-hydrogen) atoms. The number of hydrogen-bond acceptors (Lipinski definition) is 4. The molecule has 2 N–H and O–H groups in total. The summed E-state index contributed by atoms with van der Waals surface area (Å²) in [5.41, 5.74) is -0.671. The number of carboxylic acids is 1. The maximum absolute atomic E-state index is 11.8. The van der Waals surface area contributed by atoms with Gasteiger partial charge in [-0.2, -0.15) is 0 Å². The molecular formula is C13H22N2O4. The summed E-state index contributed by atoms with van der Waals surface area (Å²) in [6.45, 7) is 7.48. The second kappa shape index (κ2) is 5.28. The Labute approximate surface area is 113 Å². The van der Waals surface area contributed by atoms with Gasteiger partial charge >= 0.3 is 0 Å². The Bertz CT molecular complexity index is 381. The van der Waals surface area contributed by atoms with E-state index in [1.54, 1.807) is 0 Å². The van der Waals surface area contributed by atoms with Crippen molar-refractivity contribution in [3.05, 3.63) is 0 Å².